The van der Waals surface area contributed by atoms with Gasteiger partial charge in [0, 0.05) is 30.4 Å². The molecule has 0 aliphatic rings. The Morgan fingerprint density at radius 2 is 2.05 bits per heavy atom. The van der Waals surface area contributed by atoms with Crippen LogP contribution in [0.2, 0.25) is 0 Å². The van der Waals surface area contributed by atoms with Crippen LogP contribution in [-0.2, 0) is 6.42 Å². The molecule has 0 saturated carbocycles. The molecule has 0 aliphatic carbocycles. The lowest BCUT2D eigenvalue weighted by molar-refractivity contribution is 0.765. The minimum absolute atomic E-state index is 1.02. The average molecular weight is 268 g/mol. The van der Waals surface area contributed by atoms with Crippen molar-refractivity contribution in [2.45, 2.75) is 33.1 Å². The molecule has 2 rings (SSSR count). The summed E-state index contributed by atoms with van der Waals surface area (Å²) in [5.41, 5.74) is 3.76. The third kappa shape index (κ3) is 3.19. The highest BCUT2D eigenvalue weighted by Gasteiger charge is 2.07. The zero-order valence-electron chi connectivity index (χ0n) is 12.6. The van der Waals surface area contributed by atoms with Gasteiger partial charge >= 0.3 is 0 Å². The van der Waals surface area contributed by atoms with E-state index in [9.17, 15) is 0 Å². The van der Waals surface area contributed by atoms with E-state index in [1.54, 1.807) is 0 Å². The normalized spacial score (nSPS) is 10.7. The van der Waals surface area contributed by atoms with E-state index in [1.807, 2.05) is 12.3 Å². The van der Waals surface area contributed by atoms with Crippen molar-refractivity contribution in [1.29, 1.82) is 0 Å². The minimum Gasteiger partial charge on any atom is -0.371 e. The first-order valence-electron chi connectivity index (χ1n) is 7.53. The van der Waals surface area contributed by atoms with Crippen molar-refractivity contribution in [1.82, 2.24) is 4.98 Å². The van der Waals surface area contributed by atoms with E-state index in [0.29, 0.717) is 0 Å². The summed E-state index contributed by atoms with van der Waals surface area (Å²) in [6, 6.07) is 8.74. The molecule has 2 nitrogen and oxygen atoms in total. The SMILES string of the molecule is C=CCCN(CCC)c1ccc2nccc(CC)c2c1. The fourth-order valence-electron chi connectivity index (χ4n) is 2.58. The molecule has 0 fully saturated rings. The molecule has 0 atom stereocenters. The Bertz CT molecular complexity index is 575. The van der Waals surface area contributed by atoms with Gasteiger partial charge in [0.2, 0.25) is 0 Å². The van der Waals surface area contributed by atoms with Crippen molar-refractivity contribution < 1.29 is 0 Å². The second-order valence-corrected chi connectivity index (χ2v) is 5.09. The van der Waals surface area contributed by atoms with Crippen LogP contribution in [0.5, 0.6) is 0 Å². The van der Waals surface area contributed by atoms with E-state index in [4.69, 9.17) is 0 Å². The summed E-state index contributed by atoms with van der Waals surface area (Å²) in [7, 11) is 0. The highest BCUT2D eigenvalue weighted by atomic mass is 15.1. The average Bonchev–Trinajstić information content (AvgIpc) is 2.50. The summed E-state index contributed by atoms with van der Waals surface area (Å²) in [5.74, 6) is 0. The van der Waals surface area contributed by atoms with E-state index < -0.39 is 0 Å². The maximum atomic E-state index is 4.46. The van der Waals surface area contributed by atoms with E-state index in [-0.39, 0.29) is 0 Å². The van der Waals surface area contributed by atoms with Crippen LogP contribution < -0.4 is 4.90 Å². The van der Waals surface area contributed by atoms with E-state index in [2.05, 4.69) is 54.6 Å². The van der Waals surface area contributed by atoms with Gasteiger partial charge in [-0.15, -0.1) is 6.58 Å². The number of benzene rings is 1. The maximum Gasteiger partial charge on any atom is 0.0706 e. The van der Waals surface area contributed by atoms with Crippen molar-refractivity contribution in [3.63, 3.8) is 0 Å². The molecular weight excluding hydrogens is 244 g/mol. The fraction of sp³-hybridized carbons (Fsp3) is 0.389. The highest BCUT2D eigenvalue weighted by molar-refractivity contribution is 5.85. The molecule has 1 aromatic carbocycles. The van der Waals surface area contributed by atoms with Gasteiger partial charge < -0.3 is 4.90 Å². The van der Waals surface area contributed by atoms with Gasteiger partial charge in [0.25, 0.3) is 0 Å². The summed E-state index contributed by atoms with van der Waals surface area (Å²) < 4.78 is 0. The van der Waals surface area contributed by atoms with Crippen LogP contribution >= 0.6 is 0 Å². The van der Waals surface area contributed by atoms with Crippen LogP contribution in [0, 0.1) is 0 Å². The van der Waals surface area contributed by atoms with Gasteiger partial charge in [-0.1, -0.05) is 19.9 Å². The molecular formula is C18H24N2. The molecule has 0 amide bonds. The van der Waals surface area contributed by atoms with Crippen molar-refractivity contribution >= 4 is 16.6 Å². The van der Waals surface area contributed by atoms with E-state index in [0.717, 1.165) is 37.9 Å². The Labute approximate surface area is 122 Å². The number of fused-ring (bicyclic) bond motifs is 1. The first-order valence-corrected chi connectivity index (χ1v) is 7.53. The van der Waals surface area contributed by atoms with Gasteiger partial charge in [-0.2, -0.15) is 0 Å². The molecule has 106 valence electrons. The molecule has 20 heavy (non-hydrogen) atoms. The largest absolute Gasteiger partial charge is 0.371 e. The number of nitrogens with zero attached hydrogens (tertiary/aromatic N) is 2. The summed E-state index contributed by atoms with van der Waals surface area (Å²) in [6.45, 7) is 10.4. The van der Waals surface area contributed by atoms with Crippen LogP contribution in [0.1, 0.15) is 32.3 Å². The molecule has 0 radical (unpaired) electrons. The summed E-state index contributed by atoms with van der Waals surface area (Å²) in [4.78, 5) is 6.90. The Kier molecular flexibility index (Phi) is 5.16. The predicted molar refractivity (Wildman–Crippen MR) is 88.4 cm³/mol. The van der Waals surface area contributed by atoms with Gasteiger partial charge in [0.1, 0.15) is 0 Å². The lowest BCUT2D eigenvalue weighted by Crippen LogP contribution is -2.24. The molecule has 1 heterocycles. The molecule has 0 N–H and O–H groups in total. The van der Waals surface area contributed by atoms with Crippen LogP contribution in [0.15, 0.2) is 43.1 Å². The van der Waals surface area contributed by atoms with Crippen LogP contribution in [0.4, 0.5) is 5.69 Å². The Morgan fingerprint density at radius 1 is 1.20 bits per heavy atom. The third-order valence-electron chi connectivity index (χ3n) is 3.66. The summed E-state index contributed by atoms with van der Waals surface area (Å²) in [6.07, 6.45) is 7.11. The summed E-state index contributed by atoms with van der Waals surface area (Å²) in [5, 5.41) is 1.28. The molecule has 0 spiro atoms. The smallest absolute Gasteiger partial charge is 0.0706 e. The molecule has 0 saturated heterocycles. The number of aryl methyl sites for hydroxylation is 1. The maximum absolute atomic E-state index is 4.46. The van der Waals surface area contributed by atoms with Gasteiger partial charge in [-0.3, -0.25) is 4.98 Å². The molecule has 1 aromatic heterocycles. The van der Waals surface area contributed by atoms with Gasteiger partial charge in [-0.05, 0) is 49.1 Å². The summed E-state index contributed by atoms with van der Waals surface area (Å²) >= 11 is 0. The number of pyridine rings is 1. The molecule has 0 aliphatic heterocycles. The minimum atomic E-state index is 1.02. The number of hydrogen-bond acceptors (Lipinski definition) is 2. The lowest BCUT2D eigenvalue weighted by Gasteiger charge is -2.24. The highest BCUT2D eigenvalue weighted by Crippen LogP contribution is 2.24. The second kappa shape index (κ2) is 7.09. The molecule has 2 heteroatoms. The van der Waals surface area contributed by atoms with Crippen molar-refractivity contribution in [2.75, 3.05) is 18.0 Å². The zero-order valence-corrected chi connectivity index (χ0v) is 12.6. The molecule has 2 aromatic rings. The standard InChI is InChI=1S/C18H24N2/c1-4-7-13-20(12-5-2)16-8-9-18-17(14-16)15(6-3)10-11-19-18/h4,8-11,14H,1,5-7,12-13H2,2-3H3. The topological polar surface area (TPSA) is 16.1 Å². The van der Waals surface area contributed by atoms with Crippen LogP contribution in [0.3, 0.4) is 0 Å². The number of anilines is 1. The Morgan fingerprint density at radius 3 is 2.75 bits per heavy atom. The first-order chi connectivity index (χ1) is 9.80. The molecule has 0 unspecified atom stereocenters. The predicted octanol–water partition coefficient (Wildman–Crippen LogP) is 4.59. The van der Waals surface area contributed by atoms with Crippen molar-refractivity contribution in [3.8, 4) is 0 Å². The van der Waals surface area contributed by atoms with Gasteiger partial charge in [0.05, 0.1) is 5.52 Å². The van der Waals surface area contributed by atoms with E-state index in [1.165, 1.54) is 16.6 Å². The van der Waals surface area contributed by atoms with Crippen molar-refractivity contribution in [3.05, 3.63) is 48.7 Å². The van der Waals surface area contributed by atoms with E-state index >= 15 is 0 Å². The number of hydrogen-bond donors (Lipinski definition) is 0. The van der Waals surface area contributed by atoms with Crippen LogP contribution in [-0.4, -0.2) is 18.1 Å². The third-order valence-corrected chi connectivity index (χ3v) is 3.66. The second-order valence-electron chi connectivity index (χ2n) is 5.09. The number of rotatable bonds is 7. The monoisotopic (exact) mass is 268 g/mol. The number of aromatic nitrogens is 1. The Hall–Kier alpha value is -1.83. The van der Waals surface area contributed by atoms with Gasteiger partial charge in [-0.25, -0.2) is 0 Å². The quantitative estimate of drug-likeness (QED) is 0.683. The fourth-order valence-corrected chi connectivity index (χ4v) is 2.58. The Balaban J connectivity index is 2.39. The lowest BCUT2D eigenvalue weighted by atomic mass is 10.1. The zero-order chi connectivity index (χ0) is 14.4. The first kappa shape index (κ1) is 14.6. The van der Waals surface area contributed by atoms with Gasteiger partial charge in [0.15, 0.2) is 0 Å². The molecule has 0 bridgehead atoms. The van der Waals surface area contributed by atoms with Crippen molar-refractivity contribution in [2.24, 2.45) is 0 Å². The van der Waals surface area contributed by atoms with Crippen LogP contribution in [0.25, 0.3) is 10.9 Å².